The van der Waals surface area contributed by atoms with E-state index in [9.17, 15) is 17.9 Å². The van der Waals surface area contributed by atoms with Crippen LogP contribution in [-0.4, -0.2) is 92.3 Å². The Morgan fingerprint density at radius 3 is 2.50 bits per heavy atom. The number of sulfonamides is 1. The molecule has 0 spiro atoms. The van der Waals surface area contributed by atoms with Crippen LogP contribution < -0.4 is 9.04 Å². The monoisotopic (exact) mass is 709 g/mol. The van der Waals surface area contributed by atoms with Gasteiger partial charge >= 0.3 is 0 Å². The molecule has 0 fully saturated rings. The Hall–Kier alpha value is -3.58. The molecule has 15 heteroatoms. The van der Waals surface area contributed by atoms with Crippen LogP contribution in [0.3, 0.4) is 0 Å². The number of aromatic nitrogens is 3. The molecule has 1 aliphatic rings. The van der Waals surface area contributed by atoms with Crippen LogP contribution >= 0.6 is 26.0 Å². The van der Waals surface area contributed by atoms with Crippen LogP contribution in [0.4, 0.5) is 10.3 Å². The van der Waals surface area contributed by atoms with E-state index in [0.29, 0.717) is 15.8 Å². The third kappa shape index (κ3) is 7.37. The van der Waals surface area contributed by atoms with Crippen molar-refractivity contribution < 1.29 is 32.1 Å². The minimum atomic E-state index is -4.23. The number of para-hydroxylation sites is 1. The molecule has 3 aromatic rings. The number of phenolic OH excluding ortho intramolecular Hbond substituents is 1. The van der Waals surface area contributed by atoms with Gasteiger partial charge in [0, 0.05) is 18.1 Å². The number of phenols is 1. The molecule has 0 amide bonds. The van der Waals surface area contributed by atoms with Crippen molar-refractivity contribution in [2.45, 2.75) is 6.10 Å². The Labute approximate surface area is 265 Å². The highest BCUT2D eigenvalue weighted by Gasteiger charge is 2.35. The van der Waals surface area contributed by atoms with Crippen molar-refractivity contribution in [2.75, 3.05) is 62.5 Å². The highest BCUT2D eigenvalue weighted by molar-refractivity contribution is 9.10. The first-order valence-corrected chi connectivity index (χ1v) is 18.5. The number of anilines is 1. The van der Waals surface area contributed by atoms with Crippen molar-refractivity contribution in [3.05, 3.63) is 75.6 Å². The summed E-state index contributed by atoms with van der Waals surface area (Å²) in [6.07, 6.45) is 6.72. The van der Waals surface area contributed by atoms with Crippen LogP contribution in [0, 0.1) is 5.82 Å². The quantitative estimate of drug-likeness (QED) is 0.266. The predicted molar refractivity (Wildman–Crippen MR) is 174 cm³/mol. The number of aromatic hydroxyl groups is 1. The van der Waals surface area contributed by atoms with Crippen molar-refractivity contribution in [2.24, 2.45) is 4.99 Å². The van der Waals surface area contributed by atoms with Gasteiger partial charge in [-0.2, -0.15) is 0 Å². The molecule has 1 aliphatic heterocycles. The molecule has 4 rings (SSSR count). The standard InChI is InChI=1S/C29H33BrFN5O6S2/c1-40-24-11-8-10-23(37)27(24)36-28(22-9-7-12-26(32-22)42-3)33-34-29(36)35(15-16-43(4,5)6)44(38,39)18-25(41-2)20-14-13-19(31)17-21(20)30/h8,10-14,17,25,37H,15-16,18H2,1-6H3/t25-/m0/s1. The molecule has 2 heterocycles. The molecule has 1 atom stereocenters. The minimum Gasteiger partial charge on any atom is -0.506 e. The summed E-state index contributed by atoms with van der Waals surface area (Å²) in [5.74, 6) is -0.312. The molecular weight excluding hydrogens is 677 g/mol. The van der Waals surface area contributed by atoms with Crippen molar-refractivity contribution in [3.8, 4) is 17.2 Å². The first kappa shape index (κ1) is 33.3. The van der Waals surface area contributed by atoms with E-state index in [1.807, 2.05) is 0 Å². The molecule has 0 saturated heterocycles. The fraction of sp³-hybridized carbons (Fsp3) is 0.345. The van der Waals surface area contributed by atoms with Gasteiger partial charge in [0.25, 0.3) is 0 Å². The summed E-state index contributed by atoms with van der Waals surface area (Å²) < 4.78 is 61.9. The zero-order chi connectivity index (χ0) is 32.2. The number of nitrogens with zero attached hydrogens (tertiary/aromatic N) is 5. The van der Waals surface area contributed by atoms with E-state index < -0.39 is 37.7 Å². The maximum Gasteiger partial charge on any atom is 0.246 e. The Balaban J connectivity index is 1.95. The minimum absolute atomic E-state index is 0.0393. The Morgan fingerprint density at radius 1 is 1.11 bits per heavy atom. The normalized spacial score (nSPS) is 14.2. The summed E-state index contributed by atoms with van der Waals surface area (Å²) in [7, 11) is -1.18. The zero-order valence-corrected chi connectivity index (χ0v) is 28.3. The van der Waals surface area contributed by atoms with Crippen molar-refractivity contribution in [3.63, 3.8) is 0 Å². The second-order valence-corrected chi connectivity index (χ2v) is 17.8. The van der Waals surface area contributed by atoms with Crippen molar-refractivity contribution >= 4 is 53.5 Å². The van der Waals surface area contributed by atoms with Gasteiger partial charge in [0.2, 0.25) is 21.9 Å². The molecule has 1 aromatic heterocycles. The van der Waals surface area contributed by atoms with Gasteiger partial charge in [0.15, 0.2) is 11.5 Å². The second kappa shape index (κ2) is 13.6. The van der Waals surface area contributed by atoms with Crippen LogP contribution in [0.25, 0.3) is 11.4 Å². The summed E-state index contributed by atoms with van der Waals surface area (Å²) in [4.78, 5) is 4.40. The summed E-state index contributed by atoms with van der Waals surface area (Å²) in [6, 6.07) is 8.60. The summed E-state index contributed by atoms with van der Waals surface area (Å²) in [5.41, 5.74) is 6.36. The highest BCUT2D eigenvalue weighted by atomic mass is 79.9. The third-order valence-corrected chi connectivity index (χ3v) is 10.4. The van der Waals surface area contributed by atoms with E-state index in [1.165, 1.54) is 56.2 Å². The van der Waals surface area contributed by atoms with Gasteiger partial charge in [-0.1, -0.05) is 33.8 Å². The molecule has 2 aromatic carbocycles. The second-order valence-electron chi connectivity index (χ2n) is 10.4. The lowest BCUT2D eigenvalue weighted by atomic mass is 10.1. The van der Waals surface area contributed by atoms with Crippen molar-refractivity contribution in [1.29, 1.82) is 0 Å². The van der Waals surface area contributed by atoms with Crippen LogP contribution in [-0.2, 0) is 19.5 Å². The summed E-state index contributed by atoms with van der Waals surface area (Å²) in [6.45, 7) is 0.0393. The largest absolute Gasteiger partial charge is 0.506 e. The van der Waals surface area contributed by atoms with Gasteiger partial charge in [-0.05, 0) is 60.1 Å². The van der Waals surface area contributed by atoms with E-state index in [4.69, 9.17) is 14.2 Å². The fourth-order valence-corrected chi connectivity index (χ4v) is 7.36. The van der Waals surface area contributed by atoms with Gasteiger partial charge < -0.3 is 19.3 Å². The molecule has 44 heavy (non-hydrogen) atoms. The lowest BCUT2D eigenvalue weighted by molar-refractivity contribution is 0.121. The van der Waals surface area contributed by atoms with E-state index >= 15 is 0 Å². The molecule has 0 aliphatic carbocycles. The molecule has 0 radical (unpaired) electrons. The van der Waals surface area contributed by atoms with E-state index in [-0.39, 0.29) is 47.1 Å². The van der Waals surface area contributed by atoms with Gasteiger partial charge in [-0.3, -0.25) is 4.57 Å². The number of halogens is 2. The smallest absolute Gasteiger partial charge is 0.246 e. The number of methoxy groups -OCH3 is 3. The third-order valence-electron chi connectivity index (χ3n) is 6.52. The first-order chi connectivity index (χ1) is 20.8. The number of benzene rings is 2. The predicted octanol–water partition coefficient (Wildman–Crippen LogP) is 4.81. The topological polar surface area (TPSA) is 128 Å². The summed E-state index contributed by atoms with van der Waals surface area (Å²) >= 11 is 3.33. The maximum absolute atomic E-state index is 14.4. The molecule has 0 bridgehead atoms. The Bertz CT molecular complexity index is 1790. The average Bonchev–Trinajstić information content (AvgIpc) is 3.39. The molecule has 0 unspecified atom stereocenters. The van der Waals surface area contributed by atoms with Gasteiger partial charge in [0.1, 0.15) is 23.0 Å². The van der Waals surface area contributed by atoms with Crippen LogP contribution in [0.15, 0.2) is 63.4 Å². The Kier molecular flexibility index (Phi) is 10.3. The molecular formula is C29H33BrFN5O6S2. The zero-order valence-electron chi connectivity index (χ0n) is 25.0. The molecule has 0 saturated carbocycles. The van der Waals surface area contributed by atoms with Crippen LogP contribution in [0.1, 0.15) is 17.5 Å². The van der Waals surface area contributed by atoms with E-state index in [1.54, 1.807) is 12.1 Å². The van der Waals surface area contributed by atoms with Gasteiger partial charge in [-0.25, -0.2) is 32.1 Å². The van der Waals surface area contributed by atoms with Crippen molar-refractivity contribution in [1.82, 2.24) is 14.8 Å². The first-order valence-electron chi connectivity index (χ1n) is 13.1. The number of aliphatic imine (C=N–C) groups is 1. The van der Waals surface area contributed by atoms with Gasteiger partial charge in [-0.15, -0.1) is 10.2 Å². The van der Waals surface area contributed by atoms with E-state index in [0.717, 1.165) is 4.31 Å². The van der Waals surface area contributed by atoms with Crippen LogP contribution in [0.2, 0.25) is 0 Å². The maximum atomic E-state index is 14.4. The lowest BCUT2D eigenvalue weighted by Gasteiger charge is -2.31. The van der Waals surface area contributed by atoms with Crippen LogP contribution in [0.5, 0.6) is 11.5 Å². The molecule has 1 N–H and O–H groups in total. The summed E-state index contributed by atoms with van der Waals surface area (Å²) in [5, 5.41) is 19.7. The van der Waals surface area contributed by atoms with E-state index in [2.05, 4.69) is 61.3 Å². The number of hydrogen-bond acceptors (Lipinski definition) is 9. The fourth-order valence-electron chi connectivity index (χ4n) is 4.29. The SMILES string of the molecule is COC1=NC(c2nnc(N(CCS(C)(C)C)S(=O)(=O)C[C@H](OC)c3ccc(F)cc3Br)n2-c2c(O)cccc2OC)=C=C=C1. The highest BCUT2D eigenvalue weighted by Crippen LogP contribution is 2.40. The molecule has 236 valence electrons. The number of rotatable bonds is 12. The number of ether oxygens (including phenoxy) is 3. The lowest BCUT2D eigenvalue weighted by Crippen LogP contribution is -2.39. The van der Waals surface area contributed by atoms with Gasteiger partial charge in [0.05, 0.1) is 32.2 Å². The average molecular weight is 711 g/mol. The Morgan fingerprint density at radius 2 is 1.86 bits per heavy atom. The molecule has 11 nitrogen and oxygen atoms in total. The number of hydrogen-bond donors (Lipinski definition) is 1.